The zero-order chi connectivity index (χ0) is 20.0. The summed E-state index contributed by atoms with van der Waals surface area (Å²) in [6, 6.07) is 2.76. The number of carboxylic acid groups (broad SMARTS) is 1. The molecule has 0 radical (unpaired) electrons. The number of aliphatic hydroxyl groups excluding tert-OH is 1. The summed E-state index contributed by atoms with van der Waals surface area (Å²) >= 11 is 0. The molecule has 160 valence electrons. The maximum atomic E-state index is 10.8. The number of benzene rings is 1. The number of carboxylic acids is 1. The van der Waals surface area contributed by atoms with E-state index < -0.39 is 5.97 Å². The van der Waals surface area contributed by atoms with Crippen molar-refractivity contribution in [2.75, 3.05) is 41.5 Å². The van der Waals surface area contributed by atoms with Gasteiger partial charge in [-0.05, 0) is 63.2 Å². The lowest BCUT2D eigenvalue weighted by Crippen LogP contribution is -2.42. The molecule has 3 atom stereocenters. The van der Waals surface area contributed by atoms with Crippen LogP contribution in [0.4, 0.5) is 0 Å². The van der Waals surface area contributed by atoms with Crippen LogP contribution in [0, 0.1) is 11.8 Å². The first kappa shape index (κ1) is 24.3. The number of piperidine rings is 1. The van der Waals surface area contributed by atoms with Gasteiger partial charge in [-0.2, -0.15) is 0 Å². The zero-order valence-corrected chi connectivity index (χ0v) is 17.8. The van der Waals surface area contributed by atoms with E-state index in [9.17, 15) is 9.90 Å². The number of likely N-dealkylation sites (tertiary alicyclic amines) is 1. The van der Waals surface area contributed by atoms with Crippen LogP contribution >= 0.6 is 12.4 Å². The lowest BCUT2D eigenvalue weighted by Gasteiger charge is -2.41. The fraction of sp³-hybridized carbons (Fsp3) is 0.650. The Morgan fingerprint density at radius 2 is 1.64 bits per heavy atom. The number of ether oxygens (including phenoxy) is 3. The Morgan fingerprint density at radius 3 is 2.14 bits per heavy atom. The number of rotatable bonds is 4. The first-order valence-electron chi connectivity index (χ1n) is 9.29. The monoisotopic (exact) mass is 417 g/mol. The van der Waals surface area contributed by atoms with Gasteiger partial charge in [-0.25, -0.2) is 4.79 Å². The molecule has 1 aromatic carbocycles. The number of aliphatic hydroxyl groups is 1. The van der Waals surface area contributed by atoms with Crippen molar-refractivity contribution < 1.29 is 29.2 Å². The molecule has 7 nitrogen and oxygen atoms in total. The number of fused-ring (bicyclic) bond motifs is 1. The van der Waals surface area contributed by atoms with Crippen molar-refractivity contribution in [1.82, 2.24) is 4.90 Å². The second-order valence-electron chi connectivity index (χ2n) is 7.26. The third kappa shape index (κ3) is 6.15. The maximum Gasteiger partial charge on any atom is 0.335 e. The molecule has 28 heavy (non-hydrogen) atoms. The molecule has 8 heteroatoms. The standard InChI is InChI=1S/C10H19NO.C10H12O5.ClH/c1-11-5-4-8-6-10(12)3-2-9(8)7-11;1-13-7-4-6(10(11)12)5-8(14-2)9(7)15-3;/h8-10,12H,2-7H2,1H3;4-5H,1-3H3,(H,11,12);1H. The third-order valence-corrected chi connectivity index (χ3v) is 5.45. The summed E-state index contributed by atoms with van der Waals surface area (Å²) in [6.07, 6.45) is 4.66. The maximum absolute atomic E-state index is 10.8. The summed E-state index contributed by atoms with van der Waals surface area (Å²) in [5, 5.41) is 18.3. The molecule has 0 amide bonds. The Bertz CT molecular complexity index is 598. The summed E-state index contributed by atoms with van der Waals surface area (Å²) in [7, 11) is 6.54. The highest BCUT2D eigenvalue weighted by atomic mass is 35.5. The van der Waals surface area contributed by atoms with Gasteiger partial charge in [-0.1, -0.05) is 0 Å². The minimum Gasteiger partial charge on any atom is -0.493 e. The smallest absolute Gasteiger partial charge is 0.335 e. The number of carbonyl (C=O) groups is 1. The van der Waals surface area contributed by atoms with Crippen LogP contribution in [0.3, 0.4) is 0 Å². The molecule has 2 aliphatic rings. The zero-order valence-electron chi connectivity index (χ0n) is 17.0. The van der Waals surface area contributed by atoms with Gasteiger partial charge in [0.2, 0.25) is 5.75 Å². The molecule has 2 N–H and O–H groups in total. The Kier molecular flexibility index (Phi) is 9.85. The number of hydrogen-bond donors (Lipinski definition) is 2. The summed E-state index contributed by atoms with van der Waals surface area (Å²) < 4.78 is 15.1. The molecule has 1 aliphatic carbocycles. The van der Waals surface area contributed by atoms with E-state index in [4.69, 9.17) is 19.3 Å². The number of aromatic carboxylic acids is 1. The summed E-state index contributed by atoms with van der Waals surface area (Å²) in [6.45, 7) is 2.49. The quantitative estimate of drug-likeness (QED) is 0.778. The van der Waals surface area contributed by atoms with Gasteiger partial charge in [0.25, 0.3) is 0 Å². The molecule has 0 spiro atoms. The molecule has 1 saturated carbocycles. The van der Waals surface area contributed by atoms with E-state index in [1.165, 1.54) is 59.4 Å². The van der Waals surface area contributed by atoms with Crippen LogP contribution in [0.1, 0.15) is 36.0 Å². The minimum atomic E-state index is -1.05. The van der Waals surface area contributed by atoms with Gasteiger partial charge in [0.05, 0.1) is 33.0 Å². The van der Waals surface area contributed by atoms with Crippen molar-refractivity contribution in [1.29, 1.82) is 0 Å². The van der Waals surface area contributed by atoms with Crippen LogP contribution in [-0.4, -0.2) is 68.7 Å². The molecule has 0 bridgehead atoms. The van der Waals surface area contributed by atoms with Crippen LogP contribution in [0.2, 0.25) is 0 Å². The number of nitrogens with zero attached hydrogens (tertiary/aromatic N) is 1. The van der Waals surface area contributed by atoms with Crippen molar-refractivity contribution in [2.45, 2.75) is 31.8 Å². The minimum absolute atomic E-state index is 0. The molecule has 3 unspecified atom stereocenters. The SMILES string of the molecule is CN1CCC2CC(O)CCC2C1.COc1cc(C(=O)O)cc(OC)c1OC.Cl. The van der Waals surface area contributed by atoms with Gasteiger partial charge >= 0.3 is 5.97 Å². The average Bonchev–Trinajstić information content (AvgIpc) is 2.67. The van der Waals surface area contributed by atoms with E-state index in [2.05, 4.69) is 11.9 Å². The third-order valence-electron chi connectivity index (χ3n) is 5.45. The highest BCUT2D eigenvalue weighted by Gasteiger charge is 2.32. The van der Waals surface area contributed by atoms with Crippen LogP contribution in [-0.2, 0) is 0 Å². The Hall–Kier alpha value is -1.70. The summed E-state index contributed by atoms with van der Waals surface area (Å²) in [5.41, 5.74) is 0.0875. The van der Waals surface area contributed by atoms with Gasteiger partial charge in [0, 0.05) is 6.54 Å². The summed E-state index contributed by atoms with van der Waals surface area (Å²) in [5.74, 6) is 1.69. The summed E-state index contributed by atoms with van der Waals surface area (Å²) in [4.78, 5) is 13.2. The van der Waals surface area contributed by atoms with Gasteiger partial charge in [-0.15, -0.1) is 12.4 Å². The van der Waals surface area contributed by atoms with Gasteiger partial charge in [-0.3, -0.25) is 0 Å². The van der Waals surface area contributed by atoms with Crippen molar-refractivity contribution in [3.8, 4) is 17.2 Å². The number of hydrogen-bond acceptors (Lipinski definition) is 6. The molecule has 1 heterocycles. The molecule has 1 aliphatic heterocycles. The van der Waals surface area contributed by atoms with Crippen LogP contribution in [0.5, 0.6) is 17.2 Å². The number of methoxy groups -OCH3 is 3. The fourth-order valence-corrected chi connectivity index (χ4v) is 3.98. The molecular formula is C20H32ClNO6. The van der Waals surface area contributed by atoms with E-state index >= 15 is 0 Å². The van der Waals surface area contributed by atoms with Gasteiger partial charge in [0.1, 0.15) is 0 Å². The molecular weight excluding hydrogens is 386 g/mol. The van der Waals surface area contributed by atoms with E-state index in [0.29, 0.717) is 17.2 Å². The molecule has 0 aromatic heterocycles. The van der Waals surface area contributed by atoms with Crippen molar-refractivity contribution in [3.05, 3.63) is 17.7 Å². The highest BCUT2D eigenvalue weighted by Crippen LogP contribution is 2.38. The lowest BCUT2D eigenvalue weighted by atomic mass is 9.74. The first-order valence-corrected chi connectivity index (χ1v) is 9.29. The van der Waals surface area contributed by atoms with Gasteiger partial charge < -0.3 is 29.3 Å². The van der Waals surface area contributed by atoms with Gasteiger partial charge in [0.15, 0.2) is 11.5 Å². The first-order chi connectivity index (χ1) is 12.9. The van der Waals surface area contributed by atoms with Crippen molar-refractivity contribution in [2.24, 2.45) is 11.8 Å². The van der Waals surface area contributed by atoms with E-state index in [1.54, 1.807) is 0 Å². The Balaban J connectivity index is 0.000000275. The second kappa shape index (κ2) is 11.3. The van der Waals surface area contributed by atoms with Crippen LogP contribution in [0.15, 0.2) is 12.1 Å². The topological polar surface area (TPSA) is 88.5 Å². The van der Waals surface area contributed by atoms with Crippen molar-refractivity contribution >= 4 is 18.4 Å². The Labute approximate surface area is 173 Å². The second-order valence-corrected chi connectivity index (χ2v) is 7.26. The molecule has 3 rings (SSSR count). The molecule has 1 aromatic rings. The normalized spacial score (nSPS) is 24.0. The van der Waals surface area contributed by atoms with Crippen LogP contribution < -0.4 is 14.2 Å². The molecule has 2 fully saturated rings. The largest absolute Gasteiger partial charge is 0.493 e. The number of halogens is 1. The Morgan fingerprint density at radius 1 is 1.04 bits per heavy atom. The van der Waals surface area contributed by atoms with Crippen LogP contribution in [0.25, 0.3) is 0 Å². The fourth-order valence-electron chi connectivity index (χ4n) is 3.98. The lowest BCUT2D eigenvalue weighted by molar-refractivity contribution is 0.0275. The predicted octanol–water partition coefficient (Wildman–Crippen LogP) is 2.93. The average molecular weight is 418 g/mol. The predicted molar refractivity (Wildman–Crippen MR) is 109 cm³/mol. The molecule has 1 saturated heterocycles. The highest BCUT2D eigenvalue weighted by molar-refractivity contribution is 5.89. The van der Waals surface area contributed by atoms with E-state index in [0.717, 1.165) is 24.7 Å². The van der Waals surface area contributed by atoms with E-state index in [1.807, 2.05) is 0 Å². The van der Waals surface area contributed by atoms with Crippen molar-refractivity contribution in [3.63, 3.8) is 0 Å². The van der Waals surface area contributed by atoms with E-state index in [-0.39, 0.29) is 24.1 Å².